The van der Waals surface area contributed by atoms with E-state index in [1.54, 1.807) is 6.92 Å². The summed E-state index contributed by atoms with van der Waals surface area (Å²) in [5.74, 6) is 0.553. The van der Waals surface area contributed by atoms with Crippen molar-refractivity contribution in [2.45, 2.75) is 52.9 Å². The topological polar surface area (TPSA) is 43.4 Å². The Balaban J connectivity index is 3.50. The number of hydrogen-bond donors (Lipinski definition) is 0. The average molecular weight is 214 g/mol. The minimum atomic E-state index is -0.133. The van der Waals surface area contributed by atoms with Crippen molar-refractivity contribution >= 4 is 11.8 Å². The summed E-state index contributed by atoms with van der Waals surface area (Å²) in [4.78, 5) is 22.1. The number of esters is 1. The Hall–Kier alpha value is -0.860. The lowest BCUT2D eigenvalue weighted by atomic mass is 9.97. The molecule has 0 rings (SSSR count). The Kier molecular flexibility index (Phi) is 7.96. The number of ketones is 1. The summed E-state index contributed by atoms with van der Waals surface area (Å²) in [5, 5.41) is 0. The van der Waals surface area contributed by atoms with Gasteiger partial charge in [0, 0.05) is 19.3 Å². The Bertz CT molecular complexity index is 199. The molecule has 0 saturated carbocycles. The molecular weight excluding hydrogens is 192 g/mol. The van der Waals surface area contributed by atoms with Crippen LogP contribution >= 0.6 is 0 Å². The highest BCUT2D eigenvalue weighted by atomic mass is 16.5. The van der Waals surface area contributed by atoms with E-state index in [4.69, 9.17) is 4.74 Å². The summed E-state index contributed by atoms with van der Waals surface area (Å²) in [6, 6.07) is 0. The molecule has 0 saturated heterocycles. The summed E-state index contributed by atoms with van der Waals surface area (Å²) < 4.78 is 4.82. The first-order valence-electron chi connectivity index (χ1n) is 5.77. The van der Waals surface area contributed by atoms with Crippen LogP contribution in [-0.4, -0.2) is 18.4 Å². The van der Waals surface area contributed by atoms with Gasteiger partial charge >= 0.3 is 5.97 Å². The second kappa shape index (κ2) is 8.45. The van der Waals surface area contributed by atoms with Gasteiger partial charge in [-0.25, -0.2) is 0 Å². The SMILES string of the molecule is CCOC(=O)CCCC(C)CC(=O)CC. The van der Waals surface area contributed by atoms with Crippen molar-refractivity contribution in [2.24, 2.45) is 5.92 Å². The van der Waals surface area contributed by atoms with Crippen molar-refractivity contribution in [3.05, 3.63) is 0 Å². The summed E-state index contributed by atoms with van der Waals surface area (Å²) in [5.41, 5.74) is 0. The van der Waals surface area contributed by atoms with Gasteiger partial charge in [-0.3, -0.25) is 9.59 Å². The highest BCUT2D eigenvalue weighted by Gasteiger charge is 2.08. The zero-order valence-corrected chi connectivity index (χ0v) is 10.0. The van der Waals surface area contributed by atoms with E-state index < -0.39 is 0 Å². The van der Waals surface area contributed by atoms with E-state index in [0.717, 1.165) is 12.8 Å². The fourth-order valence-electron chi connectivity index (χ4n) is 1.46. The maximum atomic E-state index is 11.1. The van der Waals surface area contributed by atoms with Crippen molar-refractivity contribution in [2.75, 3.05) is 6.61 Å². The molecular formula is C12H22O3. The average Bonchev–Trinajstić information content (AvgIpc) is 2.18. The van der Waals surface area contributed by atoms with Crippen molar-refractivity contribution in [1.29, 1.82) is 0 Å². The minimum Gasteiger partial charge on any atom is -0.466 e. The third kappa shape index (κ3) is 8.16. The molecule has 0 N–H and O–H groups in total. The molecule has 0 amide bonds. The Morgan fingerprint density at radius 1 is 1.27 bits per heavy atom. The van der Waals surface area contributed by atoms with Gasteiger partial charge in [-0.1, -0.05) is 13.8 Å². The summed E-state index contributed by atoms with van der Waals surface area (Å²) >= 11 is 0. The Morgan fingerprint density at radius 3 is 2.47 bits per heavy atom. The molecule has 0 aromatic carbocycles. The third-order valence-electron chi connectivity index (χ3n) is 2.35. The zero-order chi connectivity index (χ0) is 11.7. The fraction of sp³-hybridized carbons (Fsp3) is 0.833. The quantitative estimate of drug-likeness (QED) is 0.583. The van der Waals surface area contributed by atoms with Gasteiger partial charge < -0.3 is 4.74 Å². The number of ether oxygens (including phenoxy) is 1. The van der Waals surface area contributed by atoms with Crippen LogP contribution in [0.2, 0.25) is 0 Å². The van der Waals surface area contributed by atoms with Crippen LogP contribution in [0.25, 0.3) is 0 Å². The van der Waals surface area contributed by atoms with Crippen LogP contribution in [0, 0.1) is 5.92 Å². The summed E-state index contributed by atoms with van der Waals surface area (Å²) in [6.07, 6.45) is 3.46. The Labute approximate surface area is 92.2 Å². The first-order chi connectivity index (χ1) is 7.10. The van der Waals surface area contributed by atoms with Crippen LogP contribution in [0.3, 0.4) is 0 Å². The van der Waals surface area contributed by atoms with E-state index in [-0.39, 0.29) is 5.97 Å². The van der Waals surface area contributed by atoms with E-state index in [2.05, 4.69) is 6.92 Å². The van der Waals surface area contributed by atoms with E-state index >= 15 is 0 Å². The van der Waals surface area contributed by atoms with Gasteiger partial charge in [0.05, 0.1) is 6.61 Å². The van der Waals surface area contributed by atoms with Crippen molar-refractivity contribution < 1.29 is 14.3 Å². The predicted molar refractivity (Wildman–Crippen MR) is 59.6 cm³/mol. The van der Waals surface area contributed by atoms with Crippen molar-refractivity contribution in [1.82, 2.24) is 0 Å². The number of carbonyl (C=O) groups excluding carboxylic acids is 2. The molecule has 3 nitrogen and oxygen atoms in total. The molecule has 0 spiro atoms. The Morgan fingerprint density at radius 2 is 1.93 bits per heavy atom. The van der Waals surface area contributed by atoms with Crippen LogP contribution in [0.4, 0.5) is 0 Å². The first kappa shape index (κ1) is 14.1. The van der Waals surface area contributed by atoms with Gasteiger partial charge in [0.1, 0.15) is 5.78 Å². The van der Waals surface area contributed by atoms with Gasteiger partial charge in [0.15, 0.2) is 0 Å². The van der Waals surface area contributed by atoms with Gasteiger partial charge in [-0.05, 0) is 25.7 Å². The lowest BCUT2D eigenvalue weighted by molar-refractivity contribution is -0.143. The number of hydrogen-bond acceptors (Lipinski definition) is 3. The first-order valence-corrected chi connectivity index (χ1v) is 5.77. The number of rotatable bonds is 8. The molecule has 88 valence electrons. The lowest BCUT2D eigenvalue weighted by Gasteiger charge is -2.09. The van der Waals surface area contributed by atoms with Crippen molar-refractivity contribution in [3.63, 3.8) is 0 Å². The second-order valence-electron chi connectivity index (χ2n) is 3.90. The molecule has 0 bridgehead atoms. The van der Waals surface area contributed by atoms with Crippen LogP contribution in [0.15, 0.2) is 0 Å². The van der Waals surface area contributed by atoms with Crippen LogP contribution in [0.1, 0.15) is 52.9 Å². The molecule has 0 aliphatic carbocycles. The molecule has 1 atom stereocenters. The normalized spacial score (nSPS) is 12.2. The zero-order valence-electron chi connectivity index (χ0n) is 10.0. The molecule has 0 aromatic rings. The maximum Gasteiger partial charge on any atom is 0.305 e. The molecule has 0 aliphatic rings. The van der Waals surface area contributed by atoms with E-state index in [1.165, 1.54) is 0 Å². The monoisotopic (exact) mass is 214 g/mol. The molecule has 0 aliphatic heterocycles. The minimum absolute atomic E-state index is 0.133. The van der Waals surface area contributed by atoms with Gasteiger partial charge in [-0.2, -0.15) is 0 Å². The predicted octanol–water partition coefficient (Wildman–Crippen LogP) is 2.73. The molecule has 15 heavy (non-hydrogen) atoms. The van der Waals surface area contributed by atoms with E-state index in [0.29, 0.717) is 37.6 Å². The molecule has 0 radical (unpaired) electrons. The smallest absolute Gasteiger partial charge is 0.305 e. The van der Waals surface area contributed by atoms with E-state index in [9.17, 15) is 9.59 Å². The highest BCUT2D eigenvalue weighted by molar-refractivity contribution is 5.78. The summed E-state index contributed by atoms with van der Waals surface area (Å²) in [6.45, 7) is 6.19. The molecule has 0 aromatic heterocycles. The molecule has 3 heteroatoms. The van der Waals surface area contributed by atoms with Crippen molar-refractivity contribution in [3.8, 4) is 0 Å². The molecule has 0 heterocycles. The molecule has 0 fully saturated rings. The highest BCUT2D eigenvalue weighted by Crippen LogP contribution is 2.13. The van der Waals surface area contributed by atoms with Gasteiger partial charge in [0.25, 0.3) is 0 Å². The summed E-state index contributed by atoms with van der Waals surface area (Å²) in [7, 11) is 0. The van der Waals surface area contributed by atoms with E-state index in [1.807, 2.05) is 6.92 Å². The standard InChI is InChI=1S/C12H22O3/c1-4-11(13)9-10(3)7-6-8-12(14)15-5-2/h10H,4-9H2,1-3H3. The fourth-order valence-corrected chi connectivity index (χ4v) is 1.46. The van der Waals surface area contributed by atoms with Crippen LogP contribution < -0.4 is 0 Å². The second-order valence-corrected chi connectivity index (χ2v) is 3.90. The number of carbonyl (C=O) groups is 2. The van der Waals surface area contributed by atoms with Crippen LogP contribution in [0.5, 0.6) is 0 Å². The third-order valence-corrected chi connectivity index (χ3v) is 2.35. The lowest BCUT2D eigenvalue weighted by Crippen LogP contribution is -2.07. The number of Topliss-reactive ketones (excluding diaryl/α,β-unsaturated/α-hetero) is 1. The largest absolute Gasteiger partial charge is 0.466 e. The van der Waals surface area contributed by atoms with Gasteiger partial charge in [-0.15, -0.1) is 0 Å². The maximum absolute atomic E-state index is 11.1. The van der Waals surface area contributed by atoms with Gasteiger partial charge in [0.2, 0.25) is 0 Å². The van der Waals surface area contributed by atoms with Crippen LogP contribution in [-0.2, 0) is 14.3 Å². The molecule has 1 unspecified atom stereocenters.